The second-order valence-electron chi connectivity index (χ2n) is 7.69. The summed E-state index contributed by atoms with van der Waals surface area (Å²) in [6.07, 6.45) is -10.6. The molecule has 6 N–H and O–H groups in total. The number of aliphatic hydroxyl groups excluding tert-OH is 2. The largest absolute Gasteiger partial charge is 0.508 e. The molecule has 0 spiro atoms. The normalized spacial score (nSPS) is 24.5. The number of aromatic hydroxyl groups is 2. The Morgan fingerprint density at radius 1 is 1.00 bits per heavy atom. The molecule has 1 aromatic heterocycles. The molecule has 2 aromatic carbocycles. The smallest absolute Gasteiger partial charge is 0.397 e. The minimum absolute atomic E-state index is 0.0312. The van der Waals surface area contributed by atoms with Crippen LogP contribution >= 0.6 is 0 Å². The van der Waals surface area contributed by atoms with E-state index in [4.69, 9.17) is 18.4 Å². The number of aliphatic hydroxyl groups is 2. The predicted molar refractivity (Wildman–Crippen MR) is 117 cm³/mol. The van der Waals surface area contributed by atoms with Gasteiger partial charge in [0, 0.05) is 23.8 Å². The van der Waals surface area contributed by atoms with E-state index in [-0.39, 0.29) is 28.2 Å². The second kappa shape index (κ2) is 9.38. The zero-order valence-corrected chi connectivity index (χ0v) is 18.6. The van der Waals surface area contributed by atoms with Crippen molar-refractivity contribution in [2.75, 3.05) is 0 Å². The molecule has 0 bridgehead atoms. The van der Waals surface area contributed by atoms with Crippen molar-refractivity contribution in [2.45, 2.75) is 30.7 Å². The number of ether oxygens (including phenoxy) is 2. The lowest BCUT2D eigenvalue weighted by Crippen LogP contribution is -2.62. The van der Waals surface area contributed by atoms with Gasteiger partial charge in [-0.2, -0.15) is 8.42 Å². The van der Waals surface area contributed by atoms with E-state index >= 15 is 0 Å². The monoisotopic (exact) mass is 526 g/mol. The number of phenolic OH excluding ortho intramolecular Hbond substituents is 2. The molecule has 0 unspecified atom stereocenters. The van der Waals surface area contributed by atoms with Crippen molar-refractivity contribution in [3.63, 3.8) is 0 Å². The summed E-state index contributed by atoms with van der Waals surface area (Å²) in [7, 11) is -5.24. The quantitative estimate of drug-likeness (QED) is 0.232. The zero-order chi connectivity index (χ0) is 26.4. The van der Waals surface area contributed by atoms with E-state index in [0.717, 1.165) is 18.2 Å². The molecule has 2 heterocycles. The van der Waals surface area contributed by atoms with Gasteiger partial charge >= 0.3 is 16.4 Å². The Balaban J connectivity index is 1.75. The van der Waals surface area contributed by atoms with Crippen molar-refractivity contribution < 1.29 is 61.4 Å². The van der Waals surface area contributed by atoms with Crippen molar-refractivity contribution in [2.24, 2.45) is 0 Å². The molecule has 0 aliphatic carbocycles. The number of aliphatic carboxylic acids is 1. The SMILES string of the molecule is O=C(O)[C@@H]1O[C@H](Oc2cc(O)c3c(=O)cc(-c4ccc(O)cc4)oc3c2)[C@@H](OS(=O)(=O)O)[C@H](O)[C@H]1O. The number of benzene rings is 2. The van der Waals surface area contributed by atoms with Gasteiger partial charge in [-0.25, -0.2) is 8.98 Å². The van der Waals surface area contributed by atoms with Gasteiger partial charge in [0.1, 0.15) is 46.2 Å². The predicted octanol–water partition coefficient (Wildman–Crippen LogP) is -0.0307. The van der Waals surface area contributed by atoms with Crippen LogP contribution in [-0.2, 0) is 24.1 Å². The molecule has 192 valence electrons. The number of rotatable bonds is 6. The van der Waals surface area contributed by atoms with Crippen molar-refractivity contribution in [3.8, 4) is 28.6 Å². The van der Waals surface area contributed by atoms with E-state index in [2.05, 4.69) is 4.18 Å². The Hall–Kier alpha value is -3.73. The lowest BCUT2D eigenvalue weighted by atomic mass is 9.99. The summed E-state index contributed by atoms with van der Waals surface area (Å²) < 4.78 is 51.9. The van der Waals surface area contributed by atoms with E-state index in [1.165, 1.54) is 24.3 Å². The molecule has 0 saturated carbocycles. The fourth-order valence-corrected chi connectivity index (χ4v) is 4.08. The molecule has 4 rings (SSSR count). The summed E-state index contributed by atoms with van der Waals surface area (Å²) in [6.45, 7) is 0. The zero-order valence-electron chi connectivity index (χ0n) is 17.8. The van der Waals surface area contributed by atoms with Crippen LogP contribution in [0.1, 0.15) is 0 Å². The van der Waals surface area contributed by atoms with Gasteiger partial charge in [0.25, 0.3) is 0 Å². The highest BCUT2D eigenvalue weighted by Crippen LogP contribution is 2.34. The first-order valence-corrected chi connectivity index (χ1v) is 11.4. The van der Waals surface area contributed by atoms with Gasteiger partial charge in [-0.3, -0.25) is 9.35 Å². The van der Waals surface area contributed by atoms with Gasteiger partial charge in [0.2, 0.25) is 6.29 Å². The fourth-order valence-electron chi connectivity index (χ4n) is 3.59. The van der Waals surface area contributed by atoms with Crippen LogP contribution in [0, 0.1) is 0 Å². The molecule has 1 saturated heterocycles. The number of fused-ring (bicyclic) bond motifs is 1. The lowest BCUT2D eigenvalue weighted by Gasteiger charge is -2.39. The molecule has 0 amide bonds. The number of hydrogen-bond acceptors (Lipinski definition) is 12. The molecule has 0 radical (unpaired) electrons. The second-order valence-corrected chi connectivity index (χ2v) is 8.74. The van der Waals surface area contributed by atoms with Crippen LogP contribution in [-0.4, -0.2) is 75.2 Å². The highest BCUT2D eigenvalue weighted by Gasteiger charge is 2.51. The van der Waals surface area contributed by atoms with Crippen LogP contribution < -0.4 is 10.2 Å². The van der Waals surface area contributed by atoms with Gasteiger partial charge in [-0.1, -0.05) is 0 Å². The molecule has 15 heteroatoms. The summed E-state index contributed by atoms with van der Waals surface area (Å²) in [5, 5.41) is 49.0. The summed E-state index contributed by atoms with van der Waals surface area (Å²) in [4.78, 5) is 24.0. The molecular weight excluding hydrogens is 508 g/mol. The number of carbonyl (C=O) groups is 1. The van der Waals surface area contributed by atoms with Crippen molar-refractivity contribution in [1.29, 1.82) is 0 Å². The van der Waals surface area contributed by atoms with E-state index in [9.17, 15) is 43.5 Å². The Kier molecular flexibility index (Phi) is 6.61. The maximum Gasteiger partial charge on any atom is 0.397 e. The third-order valence-corrected chi connectivity index (χ3v) is 5.67. The topological polar surface area (TPSA) is 230 Å². The molecule has 1 aliphatic rings. The number of carboxylic acid groups (broad SMARTS) is 1. The van der Waals surface area contributed by atoms with Crippen molar-refractivity contribution in [3.05, 3.63) is 52.7 Å². The van der Waals surface area contributed by atoms with Crippen LogP contribution in [0.2, 0.25) is 0 Å². The lowest BCUT2D eigenvalue weighted by molar-refractivity contribution is -0.265. The average molecular weight is 526 g/mol. The minimum Gasteiger partial charge on any atom is -0.508 e. The van der Waals surface area contributed by atoms with E-state index in [0.29, 0.717) is 5.56 Å². The van der Waals surface area contributed by atoms with Crippen LogP contribution in [0.15, 0.2) is 51.7 Å². The fraction of sp³-hybridized carbons (Fsp3) is 0.238. The first kappa shape index (κ1) is 25.4. The molecular formula is C21H18O14S. The highest BCUT2D eigenvalue weighted by molar-refractivity contribution is 7.80. The first-order valence-electron chi connectivity index (χ1n) is 10.0. The van der Waals surface area contributed by atoms with E-state index < -0.39 is 58.3 Å². The molecule has 1 fully saturated rings. The molecule has 14 nitrogen and oxygen atoms in total. The number of carboxylic acids is 1. The standard InChI is InChI=1S/C21H18O14S/c22-9-3-1-8(2-4-9)13-7-12(24)15-11(23)5-10(6-14(15)33-13)32-21-19(35-36(29,30)31)17(26)16(25)18(34-21)20(27)28/h1-7,16-19,21-23,25-26H,(H,27,28)(H,29,30,31)/t16-,17-,18-,19+,21+/m1/s1. The minimum atomic E-state index is -5.24. The van der Waals surface area contributed by atoms with Gasteiger partial charge in [-0.15, -0.1) is 0 Å². The van der Waals surface area contributed by atoms with Gasteiger partial charge in [-0.05, 0) is 24.3 Å². The Bertz CT molecular complexity index is 1460. The average Bonchev–Trinajstić information content (AvgIpc) is 2.77. The van der Waals surface area contributed by atoms with Gasteiger partial charge in [0.05, 0.1) is 0 Å². The Morgan fingerprint density at radius 3 is 2.28 bits per heavy atom. The number of hydrogen-bond donors (Lipinski definition) is 6. The van der Waals surface area contributed by atoms with E-state index in [1.54, 1.807) is 0 Å². The highest BCUT2D eigenvalue weighted by atomic mass is 32.3. The first-order chi connectivity index (χ1) is 16.8. The van der Waals surface area contributed by atoms with Crippen LogP contribution in [0.3, 0.4) is 0 Å². The Labute approximate surface area is 201 Å². The van der Waals surface area contributed by atoms with Crippen molar-refractivity contribution >= 4 is 27.3 Å². The Morgan fingerprint density at radius 2 is 1.67 bits per heavy atom. The van der Waals surface area contributed by atoms with Gasteiger partial charge < -0.3 is 39.4 Å². The van der Waals surface area contributed by atoms with E-state index in [1.807, 2.05) is 0 Å². The van der Waals surface area contributed by atoms with Crippen molar-refractivity contribution in [1.82, 2.24) is 0 Å². The molecule has 3 aromatic rings. The summed E-state index contributed by atoms with van der Waals surface area (Å²) >= 11 is 0. The third kappa shape index (κ3) is 5.11. The summed E-state index contributed by atoms with van der Waals surface area (Å²) in [5.74, 6) is -2.70. The summed E-state index contributed by atoms with van der Waals surface area (Å²) in [5.41, 5.74) is -0.454. The molecule has 1 aliphatic heterocycles. The van der Waals surface area contributed by atoms with Crippen LogP contribution in [0.25, 0.3) is 22.3 Å². The molecule has 36 heavy (non-hydrogen) atoms. The van der Waals surface area contributed by atoms with Crippen LogP contribution in [0.5, 0.6) is 17.2 Å². The molecule has 5 atom stereocenters. The van der Waals surface area contributed by atoms with Crippen LogP contribution in [0.4, 0.5) is 0 Å². The maximum atomic E-state index is 12.6. The number of phenols is 2. The van der Waals surface area contributed by atoms with Gasteiger partial charge in [0.15, 0.2) is 17.6 Å². The summed E-state index contributed by atoms with van der Waals surface area (Å²) in [6, 6.07) is 8.72. The third-order valence-electron chi connectivity index (χ3n) is 5.21. The maximum absolute atomic E-state index is 12.6.